The number of carbonyl (C=O) groups excluding carboxylic acids is 2. The van der Waals surface area contributed by atoms with Crippen LogP contribution in [0.15, 0.2) is 51.6 Å². The number of carbonyl (C=O) groups is 2. The first-order chi connectivity index (χ1) is 15.4. The lowest BCUT2D eigenvalue weighted by Gasteiger charge is -2.38. The standard InChI is InChI=1S/C24H29FN4O2S/c1-4-28(5-2)23(31)21-15(3)27-24-29(22(21)18-8-6-7-9-19(18)25)17(14-32-24)12-20(30)26-13-16-10-11-16/h6-9,14,16,22H,4-5,10-13H2,1-3H3,(H,26,30). The van der Waals surface area contributed by atoms with Crippen LogP contribution in [0.25, 0.3) is 0 Å². The van der Waals surface area contributed by atoms with Crippen LogP contribution in [0.3, 0.4) is 0 Å². The van der Waals surface area contributed by atoms with Crippen LogP contribution in [-0.2, 0) is 9.59 Å². The molecule has 1 unspecified atom stereocenters. The number of fused-ring (bicyclic) bond motifs is 1. The predicted octanol–water partition coefficient (Wildman–Crippen LogP) is 4.19. The van der Waals surface area contributed by atoms with Crippen molar-refractivity contribution in [1.29, 1.82) is 0 Å². The Kier molecular flexibility index (Phi) is 6.69. The van der Waals surface area contributed by atoms with Gasteiger partial charge in [0.15, 0.2) is 5.17 Å². The maximum absolute atomic E-state index is 15.0. The minimum atomic E-state index is -0.672. The van der Waals surface area contributed by atoms with E-state index in [-0.39, 0.29) is 24.1 Å². The number of amides is 2. The van der Waals surface area contributed by atoms with E-state index in [1.807, 2.05) is 24.2 Å². The molecule has 170 valence electrons. The highest BCUT2D eigenvalue weighted by Crippen LogP contribution is 2.45. The van der Waals surface area contributed by atoms with E-state index in [1.54, 1.807) is 30.0 Å². The smallest absolute Gasteiger partial charge is 0.254 e. The molecular formula is C24H29FN4O2S. The second-order valence-electron chi connectivity index (χ2n) is 8.32. The van der Waals surface area contributed by atoms with Crippen LogP contribution in [0.5, 0.6) is 0 Å². The van der Waals surface area contributed by atoms with E-state index in [0.29, 0.717) is 47.6 Å². The molecule has 0 bridgehead atoms. The van der Waals surface area contributed by atoms with Crippen LogP contribution >= 0.6 is 11.8 Å². The van der Waals surface area contributed by atoms with E-state index in [0.717, 1.165) is 18.5 Å². The second kappa shape index (κ2) is 9.48. The third kappa shape index (κ3) is 4.46. The topological polar surface area (TPSA) is 65.0 Å². The van der Waals surface area contributed by atoms with Crippen molar-refractivity contribution >= 4 is 28.7 Å². The van der Waals surface area contributed by atoms with Gasteiger partial charge in [-0.05, 0) is 51.0 Å². The third-order valence-electron chi connectivity index (χ3n) is 6.11. The van der Waals surface area contributed by atoms with Crippen molar-refractivity contribution in [2.45, 2.75) is 46.1 Å². The van der Waals surface area contributed by atoms with Crippen molar-refractivity contribution in [2.75, 3.05) is 19.6 Å². The summed E-state index contributed by atoms with van der Waals surface area (Å²) in [4.78, 5) is 34.4. The number of nitrogens with one attached hydrogen (secondary N) is 1. The summed E-state index contributed by atoms with van der Waals surface area (Å²) in [6.45, 7) is 7.45. The van der Waals surface area contributed by atoms with Crippen LogP contribution < -0.4 is 5.32 Å². The van der Waals surface area contributed by atoms with Gasteiger partial charge in [0.2, 0.25) is 5.91 Å². The number of halogens is 1. The summed E-state index contributed by atoms with van der Waals surface area (Å²) < 4.78 is 15.0. The average molecular weight is 457 g/mol. The minimum Gasteiger partial charge on any atom is -0.355 e. The van der Waals surface area contributed by atoms with Crippen molar-refractivity contribution in [3.05, 3.63) is 58.0 Å². The first-order valence-corrected chi connectivity index (χ1v) is 12.1. The van der Waals surface area contributed by atoms with Crippen LogP contribution in [0.4, 0.5) is 4.39 Å². The Balaban J connectivity index is 1.70. The second-order valence-corrected chi connectivity index (χ2v) is 9.15. The molecule has 1 N–H and O–H groups in total. The van der Waals surface area contributed by atoms with E-state index in [1.165, 1.54) is 17.8 Å². The van der Waals surface area contributed by atoms with Gasteiger partial charge in [-0.2, -0.15) is 0 Å². The lowest BCUT2D eigenvalue weighted by molar-refractivity contribution is -0.127. The number of hydrogen-bond acceptors (Lipinski definition) is 5. The Morgan fingerprint density at radius 1 is 1.25 bits per heavy atom. The quantitative estimate of drug-likeness (QED) is 0.637. The fourth-order valence-electron chi connectivity index (χ4n) is 4.12. The molecule has 8 heteroatoms. The molecule has 1 aliphatic carbocycles. The molecule has 0 saturated heterocycles. The molecule has 1 aromatic carbocycles. The maximum Gasteiger partial charge on any atom is 0.254 e. The summed E-state index contributed by atoms with van der Waals surface area (Å²) in [7, 11) is 0. The molecule has 32 heavy (non-hydrogen) atoms. The molecule has 2 heterocycles. The molecular weight excluding hydrogens is 427 g/mol. The highest BCUT2D eigenvalue weighted by Gasteiger charge is 2.42. The van der Waals surface area contributed by atoms with E-state index < -0.39 is 6.04 Å². The number of nitrogens with zero attached hydrogens (tertiary/aromatic N) is 3. The Hall–Kier alpha value is -2.61. The van der Waals surface area contributed by atoms with Crippen LogP contribution in [0.1, 0.15) is 51.6 Å². The van der Waals surface area contributed by atoms with Crippen molar-refractivity contribution in [3.63, 3.8) is 0 Å². The van der Waals surface area contributed by atoms with Gasteiger partial charge in [0.05, 0.1) is 23.7 Å². The fourth-order valence-corrected chi connectivity index (χ4v) is 5.09. The number of amidine groups is 1. The first kappa shape index (κ1) is 22.6. The van der Waals surface area contributed by atoms with Gasteiger partial charge in [0.1, 0.15) is 5.82 Å². The van der Waals surface area contributed by atoms with Gasteiger partial charge in [0.25, 0.3) is 5.91 Å². The highest BCUT2D eigenvalue weighted by atomic mass is 32.2. The van der Waals surface area contributed by atoms with Crippen molar-refractivity contribution in [1.82, 2.24) is 15.1 Å². The molecule has 1 atom stereocenters. The third-order valence-corrected chi connectivity index (χ3v) is 7.00. The molecule has 1 fully saturated rings. The van der Waals surface area contributed by atoms with Gasteiger partial charge in [-0.25, -0.2) is 9.38 Å². The normalized spacial score (nSPS) is 20.0. The molecule has 0 spiro atoms. The molecule has 4 rings (SSSR count). The zero-order valence-electron chi connectivity index (χ0n) is 18.7. The number of allylic oxidation sites excluding steroid dienone is 1. The lowest BCUT2D eigenvalue weighted by Crippen LogP contribution is -2.42. The number of likely N-dealkylation sites (N-methyl/N-ethyl adjacent to an activating group) is 1. The maximum atomic E-state index is 15.0. The molecule has 1 saturated carbocycles. The van der Waals surface area contributed by atoms with Crippen LogP contribution in [0.2, 0.25) is 0 Å². The molecule has 0 aromatic heterocycles. The Labute approximate surface area is 192 Å². The van der Waals surface area contributed by atoms with Crippen LogP contribution in [0, 0.1) is 11.7 Å². The SMILES string of the molecule is CCN(CC)C(=O)C1=C(C)N=C2SC=C(CC(=O)NCC3CC3)N2C1c1ccccc1F. The molecule has 2 amide bonds. The number of benzene rings is 1. The predicted molar refractivity (Wildman–Crippen MR) is 125 cm³/mol. The summed E-state index contributed by atoms with van der Waals surface area (Å²) in [5.41, 5.74) is 2.17. The van der Waals surface area contributed by atoms with Gasteiger partial charge < -0.3 is 15.1 Å². The molecule has 6 nitrogen and oxygen atoms in total. The van der Waals surface area contributed by atoms with Gasteiger partial charge >= 0.3 is 0 Å². The summed E-state index contributed by atoms with van der Waals surface area (Å²) in [5.74, 6) is -0.0166. The molecule has 3 aliphatic rings. The zero-order valence-corrected chi connectivity index (χ0v) is 19.5. The average Bonchev–Trinajstić information content (AvgIpc) is 3.53. The van der Waals surface area contributed by atoms with E-state index >= 15 is 4.39 Å². The molecule has 0 radical (unpaired) electrons. The van der Waals surface area contributed by atoms with Gasteiger partial charge in [-0.3, -0.25) is 9.59 Å². The fraction of sp³-hybridized carbons (Fsp3) is 0.458. The monoisotopic (exact) mass is 456 g/mol. The van der Waals surface area contributed by atoms with Crippen molar-refractivity contribution in [2.24, 2.45) is 10.9 Å². The molecule has 1 aromatic rings. The van der Waals surface area contributed by atoms with Crippen molar-refractivity contribution in [3.8, 4) is 0 Å². The summed E-state index contributed by atoms with van der Waals surface area (Å²) in [6.07, 6.45) is 2.49. The first-order valence-electron chi connectivity index (χ1n) is 11.2. The Bertz CT molecular complexity index is 1010. The van der Waals surface area contributed by atoms with E-state index in [4.69, 9.17) is 0 Å². The Morgan fingerprint density at radius 2 is 1.97 bits per heavy atom. The van der Waals surface area contributed by atoms with E-state index in [2.05, 4.69) is 10.3 Å². The largest absolute Gasteiger partial charge is 0.355 e. The van der Waals surface area contributed by atoms with Gasteiger partial charge in [-0.1, -0.05) is 30.0 Å². The van der Waals surface area contributed by atoms with E-state index in [9.17, 15) is 9.59 Å². The summed E-state index contributed by atoms with van der Waals surface area (Å²) >= 11 is 1.41. The number of rotatable bonds is 8. The highest BCUT2D eigenvalue weighted by molar-refractivity contribution is 8.16. The summed E-state index contributed by atoms with van der Waals surface area (Å²) in [5, 5.41) is 5.55. The van der Waals surface area contributed by atoms with Gasteiger partial charge in [0, 0.05) is 30.9 Å². The number of aliphatic imine (C=N–C) groups is 1. The van der Waals surface area contributed by atoms with Crippen LogP contribution in [-0.4, -0.2) is 46.4 Å². The van der Waals surface area contributed by atoms with Gasteiger partial charge in [-0.15, -0.1) is 0 Å². The number of thioether (sulfide) groups is 1. The Morgan fingerprint density at radius 3 is 2.62 bits per heavy atom. The lowest BCUT2D eigenvalue weighted by atomic mass is 9.92. The number of hydrogen-bond donors (Lipinski definition) is 1. The zero-order chi connectivity index (χ0) is 22.8. The van der Waals surface area contributed by atoms with Crippen molar-refractivity contribution < 1.29 is 14.0 Å². The molecule has 2 aliphatic heterocycles. The summed E-state index contributed by atoms with van der Waals surface area (Å²) in [6, 6.07) is 5.85. The minimum absolute atomic E-state index is 0.0693.